The van der Waals surface area contributed by atoms with E-state index in [1.54, 1.807) is 17.0 Å². The third-order valence-electron chi connectivity index (χ3n) is 5.53. The smallest absolute Gasteiger partial charge is 0.243 e. The van der Waals surface area contributed by atoms with Gasteiger partial charge in [-0.15, -0.1) is 11.8 Å². The molecule has 3 aromatic rings. The van der Waals surface area contributed by atoms with Crippen molar-refractivity contribution in [1.29, 1.82) is 0 Å². The summed E-state index contributed by atoms with van der Waals surface area (Å²) in [6.07, 6.45) is 1.18. The van der Waals surface area contributed by atoms with Crippen molar-refractivity contribution in [2.75, 3.05) is 12.3 Å². The molecule has 0 spiro atoms. The van der Waals surface area contributed by atoms with Crippen molar-refractivity contribution < 1.29 is 14.0 Å². The van der Waals surface area contributed by atoms with E-state index in [9.17, 15) is 14.0 Å². The van der Waals surface area contributed by atoms with Gasteiger partial charge < -0.3 is 10.2 Å². The molecular formula is C28H30ClFN2O2S. The van der Waals surface area contributed by atoms with Gasteiger partial charge in [-0.05, 0) is 41.3 Å². The van der Waals surface area contributed by atoms with Gasteiger partial charge in [-0.3, -0.25) is 9.59 Å². The molecule has 3 aromatic carbocycles. The summed E-state index contributed by atoms with van der Waals surface area (Å²) in [5.74, 6) is 0.0876. The van der Waals surface area contributed by atoms with Crippen molar-refractivity contribution in [3.8, 4) is 0 Å². The van der Waals surface area contributed by atoms with Crippen LogP contribution in [0.15, 0.2) is 78.9 Å². The molecule has 1 N–H and O–H groups in total. The third-order valence-corrected chi connectivity index (χ3v) is 6.86. The Morgan fingerprint density at radius 3 is 2.34 bits per heavy atom. The fourth-order valence-electron chi connectivity index (χ4n) is 3.65. The van der Waals surface area contributed by atoms with Gasteiger partial charge in [-0.25, -0.2) is 4.39 Å². The van der Waals surface area contributed by atoms with Crippen LogP contribution in [-0.2, 0) is 28.3 Å². The first-order valence-corrected chi connectivity index (χ1v) is 13.2. The molecule has 0 aliphatic carbocycles. The standard InChI is InChI=1S/C28H30ClFN2O2S/c1-2-16-31-28(34)26(17-21-8-4-3-5-9-21)32(18-22-12-14-24(30)15-13-22)27(33)20-35-19-23-10-6-7-11-25(23)29/h3-15,26H,2,16-20H2,1H3,(H,31,34)/t26-/m0/s1. The highest BCUT2D eigenvalue weighted by Gasteiger charge is 2.30. The molecule has 184 valence electrons. The summed E-state index contributed by atoms with van der Waals surface area (Å²) in [5, 5.41) is 3.62. The number of thioether (sulfide) groups is 1. The second kappa shape index (κ2) is 13.9. The molecule has 35 heavy (non-hydrogen) atoms. The second-order valence-corrected chi connectivity index (χ2v) is 9.62. The molecule has 2 amide bonds. The molecule has 1 atom stereocenters. The molecule has 7 heteroatoms. The molecule has 0 radical (unpaired) electrons. The van der Waals surface area contributed by atoms with Gasteiger partial charge in [-0.2, -0.15) is 0 Å². The monoisotopic (exact) mass is 512 g/mol. The van der Waals surface area contributed by atoms with Crippen LogP contribution in [-0.4, -0.2) is 35.1 Å². The van der Waals surface area contributed by atoms with Gasteiger partial charge in [0.25, 0.3) is 0 Å². The average molecular weight is 513 g/mol. The van der Waals surface area contributed by atoms with Crippen LogP contribution in [0, 0.1) is 5.82 Å². The summed E-state index contributed by atoms with van der Waals surface area (Å²) < 4.78 is 13.5. The topological polar surface area (TPSA) is 49.4 Å². The molecule has 0 aromatic heterocycles. The second-order valence-electron chi connectivity index (χ2n) is 8.23. The lowest BCUT2D eigenvalue weighted by molar-refractivity contribution is -0.139. The molecule has 0 fully saturated rings. The predicted molar refractivity (Wildman–Crippen MR) is 142 cm³/mol. The van der Waals surface area contributed by atoms with Gasteiger partial charge in [0.05, 0.1) is 5.75 Å². The van der Waals surface area contributed by atoms with E-state index in [1.165, 1.54) is 23.9 Å². The number of rotatable bonds is 12. The molecule has 0 saturated carbocycles. The van der Waals surface area contributed by atoms with Gasteiger partial charge in [0, 0.05) is 30.3 Å². The van der Waals surface area contributed by atoms with Crippen LogP contribution < -0.4 is 5.32 Å². The zero-order chi connectivity index (χ0) is 25.0. The first-order valence-electron chi connectivity index (χ1n) is 11.6. The van der Waals surface area contributed by atoms with E-state index in [1.807, 2.05) is 61.5 Å². The summed E-state index contributed by atoms with van der Waals surface area (Å²) in [5.41, 5.74) is 2.68. The minimum atomic E-state index is -0.692. The Bertz CT molecular complexity index is 1100. The summed E-state index contributed by atoms with van der Waals surface area (Å²) in [4.78, 5) is 28.4. The Hall–Kier alpha value is -2.83. The van der Waals surface area contributed by atoms with Crippen molar-refractivity contribution >= 4 is 35.2 Å². The molecule has 0 aliphatic heterocycles. The number of nitrogens with zero attached hydrogens (tertiary/aromatic N) is 1. The Kier molecular flexibility index (Phi) is 10.6. The Morgan fingerprint density at radius 2 is 1.66 bits per heavy atom. The lowest BCUT2D eigenvalue weighted by atomic mass is 10.0. The summed E-state index contributed by atoms with van der Waals surface area (Å²) in [6, 6.07) is 22.6. The first-order chi connectivity index (χ1) is 17.0. The quantitative estimate of drug-likeness (QED) is 0.330. The Morgan fingerprint density at radius 1 is 0.971 bits per heavy atom. The lowest BCUT2D eigenvalue weighted by Gasteiger charge is -2.31. The largest absolute Gasteiger partial charge is 0.354 e. The van der Waals surface area contributed by atoms with Crippen LogP contribution in [0.1, 0.15) is 30.0 Å². The van der Waals surface area contributed by atoms with E-state index in [2.05, 4.69) is 5.32 Å². The molecule has 0 saturated heterocycles. The molecule has 3 rings (SSSR count). The van der Waals surface area contributed by atoms with Crippen molar-refractivity contribution in [2.45, 2.75) is 38.1 Å². The van der Waals surface area contributed by atoms with Crippen molar-refractivity contribution in [3.05, 3.63) is 106 Å². The molecule has 0 aliphatic rings. The number of hydrogen-bond donors (Lipinski definition) is 1. The van der Waals surface area contributed by atoms with Crippen LogP contribution in [0.3, 0.4) is 0 Å². The van der Waals surface area contributed by atoms with Crippen LogP contribution >= 0.6 is 23.4 Å². The van der Waals surface area contributed by atoms with E-state index in [0.29, 0.717) is 23.7 Å². The van der Waals surface area contributed by atoms with Gasteiger partial charge in [0.15, 0.2) is 0 Å². The van der Waals surface area contributed by atoms with E-state index in [4.69, 9.17) is 11.6 Å². The molecular weight excluding hydrogens is 483 g/mol. The van der Waals surface area contributed by atoms with Crippen molar-refractivity contribution in [3.63, 3.8) is 0 Å². The van der Waals surface area contributed by atoms with E-state index >= 15 is 0 Å². The first kappa shape index (κ1) is 26.8. The lowest BCUT2D eigenvalue weighted by Crippen LogP contribution is -2.51. The molecule has 0 unspecified atom stereocenters. The van der Waals surface area contributed by atoms with E-state index in [-0.39, 0.29) is 29.9 Å². The highest BCUT2D eigenvalue weighted by molar-refractivity contribution is 7.99. The number of benzene rings is 3. The van der Waals surface area contributed by atoms with Crippen LogP contribution in [0.2, 0.25) is 5.02 Å². The number of amides is 2. The van der Waals surface area contributed by atoms with Crippen molar-refractivity contribution in [2.24, 2.45) is 0 Å². The maximum Gasteiger partial charge on any atom is 0.243 e. The third kappa shape index (κ3) is 8.41. The Labute approximate surface area is 215 Å². The maximum atomic E-state index is 13.5. The average Bonchev–Trinajstić information content (AvgIpc) is 2.87. The summed E-state index contributed by atoms with van der Waals surface area (Å²) in [7, 11) is 0. The van der Waals surface area contributed by atoms with E-state index in [0.717, 1.165) is 23.1 Å². The van der Waals surface area contributed by atoms with Crippen LogP contribution in [0.5, 0.6) is 0 Å². The van der Waals surface area contributed by atoms with Gasteiger partial charge in [-0.1, -0.05) is 79.2 Å². The van der Waals surface area contributed by atoms with E-state index < -0.39 is 6.04 Å². The highest BCUT2D eigenvalue weighted by atomic mass is 35.5. The van der Waals surface area contributed by atoms with Crippen LogP contribution in [0.25, 0.3) is 0 Å². The SMILES string of the molecule is CCCNC(=O)[C@H](Cc1ccccc1)N(Cc1ccc(F)cc1)C(=O)CSCc1ccccc1Cl. The molecule has 0 heterocycles. The number of carbonyl (C=O) groups is 2. The Balaban J connectivity index is 1.83. The van der Waals surface area contributed by atoms with Gasteiger partial charge in [0.2, 0.25) is 11.8 Å². The zero-order valence-corrected chi connectivity index (χ0v) is 21.3. The zero-order valence-electron chi connectivity index (χ0n) is 19.8. The van der Waals surface area contributed by atoms with Gasteiger partial charge in [0.1, 0.15) is 11.9 Å². The molecule has 0 bridgehead atoms. The maximum absolute atomic E-state index is 13.5. The molecule has 4 nitrogen and oxygen atoms in total. The number of halogens is 2. The normalized spacial score (nSPS) is 11.6. The fraction of sp³-hybridized carbons (Fsp3) is 0.286. The summed E-state index contributed by atoms with van der Waals surface area (Å²) >= 11 is 7.72. The van der Waals surface area contributed by atoms with Crippen molar-refractivity contribution in [1.82, 2.24) is 10.2 Å². The number of nitrogens with one attached hydrogen (secondary N) is 1. The minimum absolute atomic E-state index is 0.154. The van der Waals surface area contributed by atoms with Gasteiger partial charge >= 0.3 is 0 Å². The fourth-order valence-corrected chi connectivity index (χ4v) is 4.85. The van der Waals surface area contributed by atoms with Crippen LogP contribution in [0.4, 0.5) is 4.39 Å². The highest BCUT2D eigenvalue weighted by Crippen LogP contribution is 2.22. The number of carbonyl (C=O) groups excluding carboxylic acids is 2. The predicted octanol–water partition coefficient (Wildman–Crippen LogP) is 5.88. The minimum Gasteiger partial charge on any atom is -0.354 e. The summed E-state index contributed by atoms with van der Waals surface area (Å²) in [6.45, 7) is 2.73. The number of hydrogen-bond acceptors (Lipinski definition) is 3.